The Kier molecular flexibility index (Phi) is 4.52. The molecule has 3 rings (SSSR count). The fourth-order valence-electron chi connectivity index (χ4n) is 3.15. The van der Waals surface area contributed by atoms with E-state index in [1.165, 1.54) is 4.90 Å². The molecule has 1 aromatic carbocycles. The molecule has 0 saturated carbocycles. The summed E-state index contributed by atoms with van der Waals surface area (Å²) in [5.74, 6) is -0.312. The summed E-state index contributed by atoms with van der Waals surface area (Å²) in [4.78, 5) is 41.0. The van der Waals surface area contributed by atoms with E-state index < -0.39 is 0 Å². The molecule has 2 saturated heterocycles. The number of imide groups is 1. The molecule has 23 heavy (non-hydrogen) atoms. The van der Waals surface area contributed by atoms with E-state index in [1.54, 1.807) is 34.1 Å². The molecule has 0 unspecified atom stereocenters. The fourth-order valence-corrected chi connectivity index (χ4v) is 3.32. The van der Waals surface area contributed by atoms with Gasteiger partial charge in [-0.1, -0.05) is 18.2 Å². The first kappa shape index (κ1) is 15.8. The lowest BCUT2D eigenvalue weighted by molar-refractivity contribution is -0.130. The quantitative estimate of drug-likeness (QED) is 0.624. The minimum Gasteiger partial charge on any atom is -0.342 e. The van der Waals surface area contributed by atoms with Crippen molar-refractivity contribution in [2.45, 2.75) is 18.9 Å². The number of halogens is 1. The molecule has 0 radical (unpaired) electrons. The van der Waals surface area contributed by atoms with Crippen molar-refractivity contribution in [3.05, 3.63) is 30.3 Å². The molecular weight excluding hydrogens is 318 g/mol. The lowest BCUT2D eigenvalue weighted by Gasteiger charge is -2.35. The van der Waals surface area contributed by atoms with Gasteiger partial charge < -0.3 is 9.80 Å². The van der Waals surface area contributed by atoms with Gasteiger partial charge in [0.15, 0.2) is 0 Å². The van der Waals surface area contributed by atoms with Gasteiger partial charge >= 0.3 is 6.03 Å². The Labute approximate surface area is 139 Å². The molecule has 2 heterocycles. The van der Waals surface area contributed by atoms with Crippen molar-refractivity contribution in [2.24, 2.45) is 0 Å². The zero-order valence-electron chi connectivity index (χ0n) is 12.7. The summed E-state index contributed by atoms with van der Waals surface area (Å²) < 4.78 is 0. The molecule has 2 aliphatic heterocycles. The average Bonchev–Trinajstić information content (AvgIpc) is 2.89. The molecule has 4 amide bonds. The first-order chi connectivity index (χ1) is 11.1. The Morgan fingerprint density at radius 3 is 2.39 bits per heavy atom. The number of urea groups is 1. The van der Waals surface area contributed by atoms with Crippen molar-refractivity contribution >= 4 is 35.1 Å². The number of para-hydroxylation sites is 1. The SMILES string of the molecule is O=C(CCl)N1CCC(N2CC(=O)N(c3ccccc3)C2=O)CC1. The van der Waals surface area contributed by atoms with E-state index in [0.29, 0.717) is 31.6 Å². The van der Waals surface area contributed by atoms with E-state index >= 15 is 0 Å². The molecule has 0 aromatic heterocycles. The average molecular weight is 336 g/mol. The number of alkyl halides is 1. The number of piperidine rings is 1. The molecule has 6 nitrogen and oxygen atoms in total. The maximum Gasteiger partial charge on any atom is 0.332 e. The van der Waals surface area contributed by atoms with Crippen molar-refractivity contribution < 1.29 is 14.4 Å². The van der Waals surface area contributed by atoms with Crippen LogP contribution in [0.15, 0.2) is 30.3 Å². The zero-order chi connectivity index (χ0) is 16.4. The number of amides is 4. The topological polar surface area (TPSA) is 60.9 Å². The number of benzene rings is 1. The van der Waals surface area contributed by atoms with Crippen molar-refractivity contribution in [3.63, 3.8) is 0 Å². The van der Waals surface area contributed by atoms with Crippen LogP contribution in [0.1, 0.15) is 12.8 Å². The van der Waals surface area contributed by atoms with Gasteiger partial charge in [-0.25, -0.2) is 9.69 Å². The van der Waals surface area contributed by atoms with Crippen molar-refractivity contribution in [1.82, 2.24) is 9.80 Å². The van der Waals surface area contributed by atoms with Crippen LogP contribution >= 0.6 is 11.6 Å². The van der Waals surface area contributed by atoms with Crippen LogP contribution in [0.2, 0.25) is 0 Å². The molecule has 2 aliphatic rings. The third-order valence-corrected chi connectivity index (χ3v) is 4.61. The summed E-state index contributed by atoms with van der Waals surface area (Å²) in [6.07, 6.45) is 1.34. The number of rotatable bonds is 3. The standard InChI is InChI=1S/C16H18ClN3O3/c17-10-14(21)18-8-6-12(7-9-18)19-11-15(22)20(16(19)23)13-4-2-1-3-5-13/h1-5,12H,6-11H2. The van der Waals surface area contributed by atoms with Gasteiger partial charge in [-0.3, -0.25) is 9.59 Å². The lowest BCUT2D eigenvalue weighted by atomic mass is 10.0. The van der Waals surface area contributed by atoms with Crippen LogP contribution in [-0.4, -0.2) is 59.2 Å². The number of hydrogen-bond donors (Lipinski definition) is 0. The van der Waals surface area contributed by atoms with Gasteiger partial charge in [0, 0.05) is 19.1 Å². The number of carbonyl (C=O) groups is 3. The second-order valence-corrected chi connectivity index (χ2v) is 5.99. The summed E-state index contributed by atoms with van der Waals surface area (Å²) in [7, 11) is 0. The third-order valence-electron chi connectivity index (χ3n) is 4.38. The number of anilines is 1. The predicted octanol–water partition coefficient (Wildman–Crippen LogP) is 1.68. The minimum atomic E-state index is -0.275. The highest BCUT2D eigenvalue weighted by atomic mass is 35.5. The van der Waals surface area contributed by atoms with Crippen LogP contribution in [0.25, 0.3) is 0 Å². The molecule has 1 aromatic rings. The second-order valence-electron chi connectivity index (χ2n) is 5.72. The molecule has 0 aliphatic carbocycles. The van der Waals surface area contributed by atoms with E-state index in [1.807, 2.05) is 6.07 Å². The van der Waals surface area contributed by atoms with Crippen LogP contribution in [0.5, 0.6) is 0 Å². The molecule has 7 heteroatoms. The van der Waals surface area contributed by atoms with Gasteiger partial charge in [0.2, 0.25) is 5.91 Å². The predicted molar refractivity (Wildman–Crippen MR) is 86.4 cm³/mol. The maximum absolute atomic E-state index is 12.6. The molecule has 0 spiro atoms. The molecule has 0 atom stereocenters. The Hall–Kier alpha value is -2.08. The van der Waals surface area contributed by atoms with Crippen molar-refractivity contribution in [1.29, 1.82) is 0 Å². The monoisotopic (exact) mass is 335 g/mol. The number of nitrogens with zero attached hydrogens (tertiary/aromatic N) is 3. The maximum atomic E-state index is 12.6. The van der Waals surface area contributed by atoms with Gasteiger partial charge in [0.05, 0.1) is 5.69 Å². The molecule has 2 fully saturated rings. The van der Waals surface area contributed by atoms with Gasteiger partial charge in [-0.05, 0) is 25.0 Å². The summed E-state index contributed by atoms with van der Waals surface area (Å²) in [6, 6.07) is 8.66. The highest BCUT2D eigenvalue weighted by Crippen LogP contribution is 2.26. The summed E-state index contributed by atoms with van der Waals surface area (Å²) in [6.45, 7) is 1.24. The number of carbonyl (C=O) groups excluding carboxylic acids is 3. The van der Waals surface area contributed by atoms with Crippen LogP contribution in [0.3, 0.4) is 0 Å². The second kappa shape index (κ2) is 6.58. The van der Waals surface area contributed by atoms with Gasteiger partial charge in [-0.2, -0.15) is 0 Å². The van der Waals surface area contributed by atoms with Gasteiger partial charge in [0.1, 0.15) is 12.4 Å². The van der Waals surface area contributed by atoms with E-state index in [2.05, 4.69) is 0 Å². The van der Waals surface area contributed by atoms with Gasteiger partial charge in [0.25, 0.3) is 5.91 Å². The fraction of sp³-hybridized carbons (Fsp3) is 0.438. The molecular formula is C16H18ClN3O3. The Bertz CT molecular complexity index is 614. The summed E-state index contributed by atoms with van der Waals surface area (Å²) in [5, 5.41) is 0. The van der Waals surface area contributed by atoms with E-state index in [9.17, 15) is 14.4 Å². The Morgan fingerprint density at radius 2 is 1.78 bits per heavy atom. The summed E-state index contributed by atoms with van der Waals surface area (Å²) >= 11 is 5.57. The first-order valence-electron chi connectivity index (χ1n) is 7.64. The first-order valence-corrected chi connectivity index (χ1v) is 8.17. The van der Waals surface area contributed by atoms with Crippen LogP contribution in [0.4, 0.5) is 10.5 Å². The summed E-state index contributed by atoms with van der Waals surface area (Å²) in [5.41, 5.74) is 0.597. The Balaban J connectivity index is 1.68. The largest absolute Gasteiger partial charge is 0.342 e. The van der Waals surface area contributed by atoms with Crippen LogP contribution in [-0.2, 0) is 9.59 Å². The van der Waals surface area contributed by atoms with E-state index in [0.717, 1.165) is 0 Å². The van der Waals surface area contributed by atoms with E-state index in [4.69, 9.17) is 11.6 Å². The van der Waals surface area contributed by atoms with E-state index in [-0.39, 0.29) is 36.3 Å². The smallest absolute Gasteiger partial charge is 0.332 e. The third kappa shape index (κ3) is 3.03. The highest BCUT2D eigenvalue weighted by Gasteiger charge is 2.41. The molecule has 0 bridgehead atoms. The van der Waals surface area contributed by atoms with Gasteiger partial charge in [-0.15, -0.1) is 11.6 Å². The van der Waals surface area contributed by atoms with Crippen molar-refractivity contribution in [3.8, 4) is 0 Å². The number of likely N-dealkylation sites (tertiary alicyclic amines) is 1. The molecule has 122 valence electrons. The minimum absolute atomic E-state index is 0.0143. The number of hydrogen-bond acceptors (Lipinski definition) is 3. The van der Waals surface area contributed by atoms with Crippen LogP contribution in [0, 0.1) is 0 Å². The van der Waals surface area contributed by atoms with Crippen molar-refractivity contribution in [2.75, 3.05) is 30.4 Å². The lowest BCUT2D eigenvalue weighted by Crippen LogP contribution is -2.48. The normalized spacial score (nSPS) is 19.6. The Morgan fingerprint density at radius 1 is 1.13 bits per heavy atom. The zero-order valence-corrected chi connectivity index (χ0v) is 13.4. The van der Waals surface area contributed by atoms with Crippen LogP contribution < -0.4 is 4.90 Å². The molecule has 0 N–H and O–H groups in total. The highest BCUT2D eigenvalue weighted by molar-refractivity contribution is 6.27.